The van der Waals surface area contributed by atoms with Crippen LogP contribution in [-0.4, -0.2) is 48.7 Å². The quantitative estimate of drug-likeness (QED) is 0.729. The number of carbonyl (C=O) groups excluding carboxylic acids is 2. The maximum Gasteiger partial charge on any atom is 0.410 e. The van der Waals surface area contributed by atoms with Gasteiger partial charge in [0.05, 0.1) is 6.61 Å². The Bertz CT molecular complexity index is 355. The predicted molar refractivity (Wildman–Crippen MR) is 69.8 cm³/mol. The van der Waals surface area contributed by atoms with Gasteiger partial charge in [-0.05, 0) is 33.1 Å². The molecule has 2 atom stereocenters. The average molecular weight is 269 g/mol. The largest absolute Gasteiger partial charge is 0.444 e. The number of amides is 1. The fraction of sp³-hybridized carbons (Fsp3) is 0.857. The van der Waals surface area contributed by atoms with Crippen LogP contribution in [0.4, 0.5) is 4.79 Å². The van der Waals surface area contributed by atoms with Gasteiger partial charge in [0.1, 0.15) is 11.4 Å². The van der Waals surface area contributed by atoms with Crippen LogP contribution in [0, 0.1) is 11.8 Å². The summed E-state index contributed by atoms with van der Waals surface area (Å²) >= 11 is 0. The lowest BCUT2D eigenvalue weighted by Gasteiger charge is -2.35. The van der Waals surface area contributed by atoms with Crippen LogP contribution >= 0.6 is 0 Å². The Balaban J connectivity index is 1.96. The first-order valence-corrected chi connectivity index (χ1v) is 6.95. The van der Waals surface area contributed by atoms with Crippen molar-refractivity contribution in [2.24, 2.45) is 11.8 Å². The van der Waals surface area contributed by atoms with E-state index in [1.54, 1.807) is 4.90 Å². The number of rotatable bonds is 1. The summed E-state index contributed by atoms with van der Waals surface area (Å²) in [5, 5.41) is 0. The Hall–Kier alpha value is -1.10. The molecule has 2 aliphatic heterocycles. The molecular weight excluding hydrogens is 246 g/mol. The highest BCUT2D eigenvalue weighted by molar-refractivity contribution is 5.84. The first-order chi connectivity index (χ1) is 8.87. The second-order valence-electron chi connectivity index (χ2n) is 6.37. The Kier molecular flexibility index (Phi) is 4.13. The molecule has 0 aromatic carbocycles. The lowest BCUT2D eigenvalue weighted by Crippen LogP contribution is -2.48. The minimum absolute atomic E-state index is 0.0798. The molecule has 0 saturated carbocycles. The third-order valence-corrected chi connectivity index (χ3v) is 3.64. The van der Waals surface area contributed by atoms with Gasteiger partial charge in [-0.15, -0.1) is 0 Å². The molecule has 2 unspecified atom stereocenters. The minimum Gasteiger partial charge on any atom is -0.444 e. The first kappa shape index (κ1) is 14.3. The summed E-state index contributed by atoms with van der Waals surface area (Å²) in [5.74, 6) is 0.441. The van der Waals surface area contributed by atoms with Crippen molar-refractivity contribution in [3.05, 3.63) is 0 Å². The molecule has 2 fully saturated rings. The van der Waals surface area contributed by atoms with Crippen LogP contribution in [0.5, 0.6) is 0 Å². The van der Waals surface area contributed by atoms with E-state index in [-0.39, 0.29) is 23.7 Å². The highest BCUT2D eigenvalue weighted by Crippen LogP contribution is 2.28. The number of ketones is 1. The molecule has 2 saturated heterocycles. The van der Waals surface area contributed by atoms with Crippen molar-refractivity contribution < 1.29 is 19.1 Å². The lowest BCUT2D eigenvalue weighted by atomic mass is 9.84. The lowest BCUT2D eigenvalue weighted by molar-refractivity contribution is -0.128. The van der Waals surface area contributed by atoms with E-state index >= 15 is 0 Å². The van der Waals surface area contributed by atoms with E-state index in [9.17, 15) is 9.59 Å². The molecule has 0 N–H and O–H groups in total. The number of likely N-dealkylation sites (tertiary alicyclic amines) is 1. The second-order valence-corrected chi connectivity index (χ2v) is 6.37. The zero-order valence-corrected chi connectivity index (χ0v) is 12.0. The maximum atomic E-state index is 12.0. The summed E-state index contributed by atoms with van der Waals surface area (Å²) in [6.07, 6.45) is 1.03. The van der Waals surface area contributed by atoms with Gasteiger partial charge in [-0.1, -0.05) is 0 Å². The van der Waals surface area contributed by atoms with Gasteiger partial charge < -0.3 is 14.4 Å². The summed E-state index contributed by atoms with van der Waals surface area (Å²) in [4.78, 5) is 25.7. The first-order valence-electron chi connectivity index (χ1n) is 6.95. The van der Waals surface area contributed by atoms with Crippen molar-refractivity contribution in [2.75, 3.05) is 26.3 Å². The van der Waals surface area contributed by atoms with Crippen molar-refractivity contribution in [2.45, 2.75) is 39.2 Å². The number of carbonyl (C=O) groups is 2. The topological polar surface area (TPSA) is 55.8 Å². The Labute approximate surface area is 114 Å². The molecule has 0 spiro atoms. The molecule has 5 nitrogen and oxygen atoms in total. The van der Waals surface area contributed by atoms with E-state index < -0.39 is 5.60 Å². The summed E-state index contributed by atoms with van der Waals surface area (Å²) < 4.78 is 10.7. The molecule has 19 heavy (non-hydrogen) atoms. The molecule has 0 aliphatic carbocycles. The molecule has 0 bridgehead atoms. The van der Waals surface area contributed by atoms with Crippen molar-refractivity contribution in [1.29, 1.82) is 0 Å². The summed E-state index contributed by atoms with van der Waals surface area (Å²) in [5.41, 5.74) is -0.496. The molecule has 2 aliphatic rings. The zero-order chi connectivity index (χ0) is 14.0. The van der Waals surface area contributed by atoms with Crippen LogP contribution in [0.2, 0.25) is 0 Å². The van der Waals surface area contributed by atoms with E-state index in [0.29, 0.717) is 26.1 Å². The van der Waals surface area contributed by atoms with Crippen LogP contribution in [0.15, 0.2) is 0 Å². The molecule has 2 heterocycles. The maximum absolute atomic E-state index is 12.0. The van der Waals surface area contributed by atoms with Gasteiger partial charge in [-0.2, -0.15) is 0 Å². The average Bonchev–Trinajstić information content (AvgIpc) is 2.80. The summed E-state index contributed by atoms with van der Waals surface area (Å²) in [6, 6.07) is 0. The summed E-state index contributed by atoms with van der Waals surface area (Å²) in [6.45, 7) is 7.85. The number of hydrogen-bond donors (Lipinski definition) is 0. The van der Waals surface area contributed by atoms with Gasteiger partial charge in [0.15, 0.2) is 0 Å². The van der Waals surface area contributed by atoms with Crippen LogP contribution in [0.1, 0.15) is 33.6 Å². The molecule has 0 aromatic heterocycles. The number of nitrogens with zero attached hydrogens (tertiary/aromatic N) is 1. The van der Waals surface area contributed by atoms with Crippen molar-refractivity contribution >= 4 is 11.9 Å². The third kappa shape index (κ3) is 3.69. The SMILES string of the molecule is CC(C)(C)OC(=O)N1CCC(=O)C(C2CCOC2)C1. The van der Waals surface area contributed by atoms with Gasteiger partial charge in [-0.3, -0.25) is 4.79 Å². The van der Waals surface area contributed by atoms with Crippen LogP contribution in [-0.2, 0) is 14.3 Å². The van der Waals surface area contributed by atoms with Gasteiger partial charge in [0.2, 0.25) is 0 Å². The third-order valence-electron chi connectivity index (χ3n) is 3.64. The van der Waals surface area contributed by atoms with E-state index in [2.05, 4.69) is 0 Å². The fourth-order valence-electron chi connectivity index (χ4n) is 2.64. The number of Topliss-reactive ketones (excluding diaryl/α,β-unsaturated/α-hetero) is 1. The van der Waals surface area contributed by atoms with Crippen molar-refractivity contribution in [3.8, 4) is 0 Å². The standard InChI is InChI=1S/C14H23NO4/c1-14(2,3)19-13(17)15-6-4-12(16)11(8-15)10-5-7-18-9-10/h10-11H,4-9H2,1-3H3. The monoisotopic (exact) mass is 269 g/mol. The number of piperidine rings is 1. The Morgan fingerprint density at radius 2 is 2.16 bits per heavy atom. The second kappa shape index (κ2) is 5.49. The van der Waals surface area contributed by atoms with Crippen LogP contribution in [0.3, 0.4) is 0 Å². The highest BCUT2D eigenvalue weighted by atomic mass is 16.6. The van der Waals surface area contributed by atoms with Crippen LogP contribution < -0.4 is 0 Å². The Morgan fingerprint density at radius 3 is 2.74 bits per heavy atom. The van der Waals surface area contributed by atoms with Gasteiger partial charge in [-0.25, -0.2) is 4.79 Å². The minimum atomic E-state index is -0.496. The summed E-state index contributed by atoms with van der Waals surface area (Å²) in [7, 11) is 0. The van der Waals surface area contributed by atoms with E-state index in [4.69, 9.17) is 9.47 Å². The highest BCUT2D eigenvalue weighted by Gasteiger charge is 2.37. The van der Waals surface area contributed by atoms with Gasteiger partial charge >= 0.3 is 6.09 Å². The van der Waals surface area contributed by atoms with Crippen LogP contribution in [0.25, 0.3) is 0 Å². The predicted octanol–water partition coefficient (Wildman–Crippen LogP) is 1.85. The Morgan fingerprint density at radius 1 is 1.42 bits per heavy atom. The van der Waals surface area contributed by atoms with Crippen molar-refractivity contribution in [1.82, 2.24) is 4.90 Å². The van der Waals surface area contributed by atoms with Gasteiger partial charge in [0.25, 0.3) is 0 Å². The van der Waals surface area contributed by atoms with E-state index in [0.717, 1.165) is 13.0 Å². The molecule has 1 amide bonds. The van der Waals surface area contributed by atoms with E-state index in [1.807, 2.05) is 20.8 Å². The molecule has 0 radical (unpaired) electrons. The molecule has 5 heteroatoms. The molecule has 108 valence electrons. The number of hydrogen-bond acceptors (Lipinski definition) is 4. The molecular formula is C14H23NO4. The van der Waals surface area contributed by atoms with Crippen molar-refractivity contribution in [3.63, 3.8) is 0 Å². The van der Waals surface area contributed by atoms with Gasteiger partial charge in [0, 0.05) is 32.0 Å². The van der Waals surface area contributed by atoms with E-state index in [1.165, 1.54) is 0 Å². The number of ether oxygens (including phenoxy) is 2. The normalized spacial score (nSPS) is 28.6. The fourth-order valence-corrected chi connectivity index (χ4v) is 2.64. The zero-order valence-electron chi connectivity index (χ0n) is 12.0. The smallest absolute Gasteiger partial charge is 0.410 e. The molecule has 2 rings (SSSR count). The molecule has 0 aromatic rings.